The molecule has 1 saturated heterocycles. The van der Waals surface area contributed by atoms with E-state index in [9.17, 15) is 8.78 Å². The van der Waals surface area contributed by atoms with E-state index >= 15 is 4.39 Å². The van der Waals surface area contributed by atoms with E-state index in [0.717, 1.165) is 23.1 Å². The van der Waals surface area contributed by atoms with Crippen molar-refractivity contribution in [2.45, 2.75) is 32.2 Å². The highest BCUT2D eigenvalue weighted by Gasteiger charge is 2.24. The zero-order valence-electron chi connectivity index (χ0n) is 16.7. The first-order valence-corrected chi connectivity index (χ1v) is 10.0. The van der Waals surface area contributed by atoms with Gasteiger partial charge in [-0.25, -0.2) is 13.2 Å². The molecule has 1 fully saturated rings. The molecule has 0 aromatic heterocycles. The second kappa shape index (κ2) is 9.16. The maximum atomic E-state index is 15.0. The molecule has 1 heterocycles. The van der Waals surface area contributed by atoms with Gasteiger partial charge in [0.15, 0.2) is 17.9 Å². The molecule has 0 unspecified atom stereocenters. The van der Waals surface area contributed by atoms with Crippen LogP contribution in [0, 0.1) is 17.5 Å². The summed E-state index contributed by atoms with van der Waals surface area (Å²) < 4.78 is 58.4. The molecule has 0 N–H and O–H groups in total. The molecule has 1 aliphatic heterocycles. The maximum absolute atomic E-state index is 15.0. The van der Waals surface area contributed by atoms with Gasteiger partial charge in [-0.15, -0.1) is 0 Å². The van der Waals surface area contributed by atoms with Gasteiger partial charge in [0.1, 0.15) is 11.9 Å². The normalized spacial score (nSPS) is 19.3. The molecule has 0 amide bonds. The topological polar surface area (TPSA) is 27.7 Å². The van der Waals surface area contributed by atoms with Gasteiger partial charge >= 0.3 is 0 Å². The standard InChI is InChI=1S/C24H23F3O3/c1-2-28-19-13-29-24(30-14-19)18-8-9-20-17(12-18)7-6-16(23(20)27)5-3-15-4-10-21(25)22(26)11-15/h4,6-12,19,24H,2-3,5,13-14H2,1H3. The van der Waals surface area contributed by atoms with Gasteiger partial charge < -0.3 is 14.2 Å². The first kappa shape index (κ1) is 20.8. The summed E-state index contributed by atoms with van der Waals surface area (Å²) in [7, 11) is 0. The summed E-state index contributed by atoms with van der Waals surface area (Å²) in [6, 6.07) is 12.7. The minimum absolute atomic E-state index is 0.0682. The molecule has 30 heavy (non-hydrogen) atoms. The molecule has 4 rings (SSSR count). The van der Waals surface area contributed by atoms with E-state index in [1.165, 1.54) is 6.07 Å². The Hall–Kier alpha value is -2.41. The quantitative estimate of drug-likeness (QED) is 0.532. The lowest BCUT2D eigenvalue weighted by Crippen LogP contribution is -2.33. The molecule has 0 aliphatic carbocycles. The van der Waals surface area contributed by atoms with Crippen molar-refractivity contribution in [3.8, 4) is 0 Å². The van der Waals surface area contributed by atoms with Crippen molar-refractivity contribution in [3.05, 3.63) is 82.7 Å². The fourth-order valence-electron chi connectivity index (χ4n) is 3.68. The zero-order valence-corrected chi connectivity index (χ0v) is 16.7. The molecule has 0 bridgehead atoms. The van der Waals surface area contributed by atoms with E-state index in [2.05, 4.69) is 0 Å². The van der Waals surface area contributed by atoms with Crippen LogP contribution in [0.3, 0.4) is 0 Å². The Balaban J connectivity index is 1.48. The van der Waals surface area contributed by atoms with Crippen molar-refractivity contribution in [1.29, 1.82) is 0 Å². The van der Waals surface area contributed by atoms with Crippen molar-refractivity contribution >= 4 is 10.8 Å². The number of rotatable bonds is 6. The Bertz CT molecular complexity index is 1030. The highest BCUT2D eigenvalue weighted by molar-refractivity contribution is 5.84. The van der Waals surface area contributed by atoms with E-state index in [0.29, 0.717) is 49.2 Å². The van der Waals surface area contributed by atoms with Gasteiger partial charge in [-0.3, -0.25) is 0 Å². The van der Waals surface area contributed by atoms with Gasteiger partial charge in [-0.1, -0.05) is 30.3 Å². The summed E-state index contributed by atoms with van der Waals surface area (Å²) in [4.78, 5) is 0. The molecule has 3 aromatic rings. The third-order valence-corrected chi connectivity index (χ3v) is 5.27. The van der Waals surface area contributed by atoms with Crippen molar-refractivity contribution < 1.29 is 27.4 Å². The first-order chi connectivity index (χ1) is 14.5. The van der Waals surface area contributed by atoms with Crippen molar-refractivity contribution in [1.82, 2.24) is 0 Å². The number of benzene rings is 3. The van der Waals surface area contributed by atoms with Gasteiger partial charge in [0.05, 0.1) is 13.2 Å². The Labute approximate surface area is 173 Å². The average molecular weight is 416 g/mol. The van der Waals surface area contributed by atoms with Crippen molar-refractivity contribution in [2.75, 3.05) is 19.8 Å². The molecule has 3 aromatic carbocycles. The summed E-state index contributed by atoms with van der Waals surface area (Å²) in [5.41, 5.74) is 1.98. The van der Waals surface area contributed by atoms with Crippen molar-refractivity contribution in [3.63, 3.8) is 0 Å². The molecule has 6 heteroatoms. The Morgan fingerprint density at radius 2 is 1.70 bits per heavy atom. The summed E-state index contributed by atoms with van der Waals surface area (Å²) >= 11 is 0. The number of fused-ring (bicyclic) bond motifs is 1. The zero-order chi connectivity index (χ0) is 21.1. The van der Waals surface area contributed by atoms with E-state index in [1.54, 1.807) is 18.2 Å². The lowest BCUT2D eigenvalue weighted by Gasteiger charge is -2.29. The van der Waals surface area contributed by atoms with Gasteiger partial charge in [-0.05, 0) is 54.5 Å². The second-order valence-corrected chi connectivity index (χ2v) is 7.34. The average Bonchev–Trinajstić information content (AvgIpc) is 2.76. The molecule has 0 atom stereocenters. The largest absolute Gasteiger partial charge is 0.374 e. The SMILES string of the molecule is CCOC1COC(c2ccc3c(F)c(CCc4ccc(F)c(F)c4)ccc3c2)OC1. The van der Waals surface area contributed by atoms with Crippen LogP contribution in [-0.2, 0) is 27.1 Å². The monoisotopic (exact) mass is 416 g/mol. The number of halogens is 3. The van der Waals surface area contributed by atoms with Gasteiger partial charge in [0.25, 0.3) is 0 Å². The Morgan fingerprint density at radius 1 is 0.900 bits per heavy atom. The first-order valence-electron chi connectivity index (χ1n) is 10.0. The summed E-state index contributed by atoms with van der Waals surface area (Å²) in [5, 5.41) is 1.25. The highest BCUT2D eigenvalue weighted by atomic mass is 19.2. The van der Waals surface area contributed by atoms with Crippen LogP contribution in [0.1, 0.15) is 29.9 Å². The lowest BCUT2D eigenvalue weighted by molar-refractivity contribution is -0.229. The molecule has 158 valence electrons. The number of ether oxygens (including phenoxy) is 3. The Morgan fingerprint density at radius 3 is 2.43 bits per heavy atom. The third kappa shape index (κ3) is 4.51. The lowest BCUT2D eigenvalue weighted by atomic mass is 9.99. The minimum atomic E-state index is -0.890. The van der Waals surface area contributed by atoms with E-state index < -0.39 is 17.9 Å². The van der Waals surface area contributed by atoms with Crippen molar-refractivity contribution in [2.24, 2.45) is 0 Å². The van der Waals surface area contributed by atoms with Crippen LogP contribution >= 0.6 is 0 Å². The van der Waals surface area contributed by atoms with Crippen LogP contribution in [0.2, 0.25) is 0 Å². The smallest absolute Gasteiger partial charge is 0.184 e. The van der Waals surface area contributed by atoms with Gasteiger partial charge in [0.2, 0.25) is 0 Å². The summed E-state index contributed by atoms with van der Waals surface area (Å²) in [5.74, 6) is -2.08. The van der Waals surface area contributed by atoms with E-state index in [1.807, 2.05) is 19.1 Å². The fraction of sp³-hybridized carbons (Fsp3) is 0.333. The van der Waals surface area contributed by atoms with Crippen LogP contribution in [0.5, 0.6) is 0 Å². The van der Waals surface area contributed by atoms with Crippen LogP contribution in [0.15, 0.2) is 48.5 Å². The van der Waals surface area contributed by atoms with E-state index in [-0.39, 0.29) is 11.9 Å². The minimum Gasteiger partial charge on any atom is -0.374 e. The van der Waals surface area contributed by atoms with Gasteiger partial charge in [0, 0.05) is 17.6 Å². The molecule has 0 saturated carbocycles. The second-order valence-electron chi connectivity index (χ2n) is 7.34. The van der Waals surface area contributed by atoms with Gasteiger partial charge in [-0.2, -0.15) is 0 Å². The highest BCUT2D eigenvalue weighted by Crippen LogP contribution is 2.29. The maximum Gasteiger partial charge on any atom is 0.184 e. The number of hydrogen-bond donors (Lipinski definition) is 0. The predicted molar refractivity (Wildman–Crippen MR) is 108 cm³/mol. The Kier molecular flexibility index (Phi) is 6.37. The molecule has 1 aliphatic rings. The molecular formula is C24H23F3O3. The van der Waals surface area contributed by atoms with Crippen LogP contribution < -0.4 is 0 Å². The van der Waals surface area contributed by atoms with Crippen LogP contribution in [-0.4, -0.2) is 25.9 Å². The van der Waals surface area contributed by atoms with Crippen LogP contribution in [0.25, 0.3) is 10.8 Å². The van der Waals surface area contributed by atoms with Crippen LogP contribution in [0.4, 0.5) is 13.2 Å². The molecule has 3 nitrogen and oxygen atoms in total. The molecule has 0 radical (unpaired) electrons. The summed E-state index contributed by atoms with van der Waals surface area (Å²) in [6.07, 6.45) is 0.244. The summed E-state index contributed by atoms with van der Waals surface area (Å²) in [6.45, 7) is 3.44. The molecule has 0 spiro atoms. The third-order valence-electron chi connectivity index (χ3n) is 5.27. The number of hydrogen-bond acceptors (Lipinski definition) is 3. The fourth-order valence-corrected chi connectivity index (χ4v) is 3.68. The predicted octanol–water partition coefficient (Wildman–Crippen LogP) is 5.49. The van der Waals surface area contributed by atoms with E-state index in [4.69, 9.17) is 14.2 Å². The number of aryl methyl sites for hydroxylation is 2. The molecular weight excluding hydrogens is 393 g/mol.